The first kappa shape index (κ1) is 15.3. The number of carboxylic acids is 1. The minimum Gasteiger partial charge on any atom is -0.478 e. The molecule has 1 aromatic rings. The van der Waals surface area contributed by atoms with E-state index in [2.05, 4.69) is 15.6 Å². The van der Waals surface area contributed by atoms with Crippen LogP contribution in [0.1, 0.15) is 48.2 Å². The zero-order valence-electron chi connectivity index (χ0n) is 12.0. The van der Waals surface area contributed by atoms with Gasteiger partial charge in [-0.2, -0.15) is 0 Å². The van der Waals surface area contributed by atoms with E-state index >= 15 is 0 Å². The van der Waals surface area contributed by atoms with Crippen LogP contribution in [0, 0.1) is 5.92 Å². The number of rotatable bonds is 6. The van der Waals surface area contributed by atoms with Gasteiger partial charge in [0.25, 0.3) is 0 Å². The monoisotopic (exact) mass is 291 g/mol. The van der Waals surface area contributed by atoms with E-state index in [0.717, 1.165) is 12.3 Å². The second kappa shape index (κ2) is 7.61. The highest BCUT2D eigenvalue weighted by molar-refractivity contribution is 5.87. The van der Waals surface area contributed by atoms with Crippen LogP contribution in [-0.2, 0) is 6.54 Å². The normalized spacial score (nSPS) is 14.9. The summed E-state index contributed by atoms with van der Waals surface area (Å²) in [6.07, 6.45) is 7.62. The number of carbonyl (C=O) groups is 2. The van der Waals surface area contributed by atoms with E-state index in [1.807, 2.05) is 0 Å². The van der Waals surface area contributed by atoms with Crippen LogP contribution in [-0.4, -0.2) is 28.6 Å². The van der Waals surface area contributed by atoms with Gasteiger partial charge in [0.1, 0.15) is 0 Å². The Hall–Kier alpha value is -2.11. The lowest BCUT2D eigenvalue weighted by Crippen LogP contribution is -2.36. The van der Waals surface area contributed by atoms with Crippen molar-refractivity contribution < 1.29 is 14.7 Å². The Morgan fingerprint density at radius 3 is 2.76 bits per heavy atom. The average molecular weight is 291 g/mol. The quantitative estimate of drug-likeness (QED) is 0.749. The highest BCUT2D eigenvalue weighted by Gasteiger charge is 2.14. The number of nitrogens with one attached hydrogen (secondary N) is 2. The molecule has 0 aliphatic heterocycles. The van der Waals surface area contributed by atoms with E-state index in [1.54, 1.807) is 0 Å². The first-order valence-corrected chi connectivity index (χ1v) is 7.35. The third kappa shape index (κ3) is 5.06. The van der Waals surface area contributed by atoms with E-state index in [9.17, 15) is 9.59 Å². The molecule has 6 heteroatoms. The lowest BCUT2D eigenvalue weighted by atomic mass is 10.0. The Morgan fingerprint density at radius 1 is 1.29 bits per heavy atom. The van der Waals surface area contributed by atoms with Crippen molar-refractivity contribution in [3.8, 4) is 0 Å². The summed E-state index contributed by atoms with van der Waals surface area (Å²) in [4.78, 5) is 26.5. The van der Waals surface area contributed by atoms with Crippen LogP contribution >= 0.6 is 0 Å². The van der Waals surface area contributed by atoms with Gasteiger partial charge in [-0.15, -0.1) is 0 Å². The number of nitrogens with zero attached hydrogens (tertiary/aromatic N) is 1. The highest BCUT2D eigenvalue weighted by Crippen LogP contribution is 2.26. The van der Waals surface area contributed by atoms with E-state index < -0.39 is 5.97 Å². The van der Waals surface area contributed by atoms with Gasteiger partial charge in [0.05, 0.1) is 17.8 Å². The molecule has 1 aliphatic carbocycles. The molecule has 3 N–H and O–H groups in total. The fraction of sp³-hybridized carbons (Fsp3) is 0.533. The molecule has 0 aromatic carbocycles. The largest absolute Gasteiger partial charge is 0.478 e. The smallest absolute Gasteiger partial charge is 0.335 e. The molecule has 1 heterocycles. The topological polar surface area (TPSA) is 91.3 Å². The second-order valence-electron chi connectivity index (χ2n) is 5.39. The summed E-state index contributed by atoms with van der Waals surface area (Å²) in [7, 11) is 0. The van der Waals surface area contributed by atoms with Gasteiger partial charge in [-0.1, -0.05) is 25.7 Å². The van der Waals surface area contributed by atoms with Crippen LogP contribution in [0.15, 0.2) is 18.3 Å². The van der Waals surface area contributed by atoms with Crippen molar-refractivity contribution in [2.75, 3.05) is 6.54 Å². The Balaban J connectivity index is 1.68. The minimum atomic E-state index is -1.00. The zero-order chi connectivity index (χ0) is 15.1. The van der Waals surface area contributed by atoms with E-state index in [1.165, 1.54) is 44.0 Å². The number of aromatic nitrogens is 1. The molecule has 21 heavy (non-hydrogen) atoms. The van der Waals surface area contributed by atoms with Gasteiger partial charge in [0, 0.05) is 12.7 Å². The van der Waals surface area contributed by atoms with Crippen LogP contribution in [0.2, 0.25) is 0 Å². The van der Waals surface area contributed by atoms with Gasteiger partial charge in [-0.05, 0) is 24.5 Å². The summed E-state index contributed by atoms with van der Waals surface area (Å²) in [6.45, 7) is 0.898. The van der Waals surface area contributed by atoms with Crippen molar-refractivity contribution in [3.63, 3.8) is 0 Å². The maximum atomic E-state index is 11.6. The number of amides is 2. The predicted molar refractivity (Wildman–Crippen MR) is 78.0 cm³/mol. The van der Waals surface area contributed by atoms with E-state index in [-0.39, 0.29) is 18.1 Å². The molecule has 0 radical (unpaired) electrons. The minimum absolute atomic E-state index is 0.170. The molecule has 6 nitrogen and oxygen atoms in total. The predicted octanol–water partition coefficient (Wildman–Crippen LogP) is 2.16. The molecule has 0 unspecified atom stereocenters. The molecule has 2 rings (SSSR count). The van der Waals surface area contributed by atoms with Gasteiger partial charge in [0.2, 0.25) is 0 Å². The molecule has 1 aliphatic rings. The number of urea groups is 1. The summed E-state index contributed by atoms with van der Waals surface area (Å²) in [5, 5.41) is 14.4. The molecule has 1 fully saturated rings. The van der Waals surface area contributed by atoms with Crippen molar-refractivity contribution in [1.29, 1.82) is 0 Å². The SMILES string of the molecule is O=C(NCCC1CCCC1)NCc1cc(C(=O)O)ccn1. The van der Waals surface area contributed by atoms with Gasteiger partial charge in [-0.25, -0.2) is 9.59 Å². The first-order valence-electron chi connectivity index (χ1n) is 7.35. The van der Waals surface area contributed by atoms with Crippen molar-refractivity contribution in [2.45, 2.75) is 38.6 Å². The number of aromatic carboxylic acids is 1. The summed E-state index contributed by atoms with van der Waals surface area (Å²) in [6, 6.07) is 2.64. The third-order valence-corrected chi connectivity index (χ3v) is 3.81. The van der Waals surface area contributed by atoms with Gasteiger partial charge < -0.3 is 15.7 Å². The Kier molecular flexibility index (Phi) is 5.54. The summed E-state index contributed by atoms with van der Waals surface area (Å²) in [5.41, 5.74) is 0.698. The highest BCUT2D eigenvalue weighted by atomic mass is 16.4. The Labute approximate surface area is 124 Å². The lowest BCUT2D eigenvalue weighted by Gasteiger charge is -2.10. The number of carbonyl (C=O) groups excluding carboxylic acids is 1. The maximum absolute atomic E-state index is 11.6. The third-order valence-electron chi connectivity index (χ3n) is 3.81. The molecule has 0 saturated heterocycles. The number of pyridine rings is 1. The Bertz CT molecular complexity index is 499. The van der Waals surface area contributed by atoms with E-state index in [4.69, 9.17) is 5.11 Å². The zero-order valence-corrected chi connectivity index (χ0v) is 12.0. The van der Waals surface area contributed by atoms with Crippen LogP contribution in [0.4, 0.5) is 4.79 Å². The fourth-order valence-electron chi connectivity index (χ4n) is 2.63. The van der Waals surface area contributed by atoms with Crippen LogP contribution < -0.4 is 10.6 Å². The Morgan fingerprint density at radius 2 is 2.05 bits per heavy atom. The molecular formula is C15H21N3O3. The molecule has 1 saturated carbocycles. The van der Waals surface area contributed by atoms with Crippen molar-refractivity contribution in [1.82, 2.24) is 15.6 Å². The van der Waals surface area contributed by atoms with Gasteiger partial charge in [-0.3, -0.25) is 4.98 Å². The van der Waals surface area contributed by atoms with Crippen LogP contribution in [0.3, 0.4) is 0 Å². The van der Waals surface area contributed by atoms with Crippen molar-refractivity contribution in [3.05, 3.63) is 29.6 Å². The fourth-order valence-corrected chi connectivity index (χ4v) is 2.63. The molecular weight excluding hydrogens is 270 g/mol. The number of hydrogen-bond acceptors (Lipinski definition) is 3. The molecule has 0 bridgehead atoms. The second-order valence-corrected chi connectivity index (χ2v) is 5.39. The molecule has 1 aromatic heterocycles. The standard InChI is InChI=1S/C15H21N3O3/c19-14(20)12-6-8-16-13(9-12)10-18-15(21)17-7-5-11-3-1-2-4-11/h6,8-9,11H,1-5,7,10H2,(H,19,20)(H2,17,18,21). The number of carboxylic acid groups (broad SMARTS) is 1. The van der Waals surface area contributed by atoms with Gasteiger partial charge >= 0.3 is 12.0 Å². The molecule has 114 valence electrons. The maximum Gasteiger partial charge on any atom is 0.335 e. The molecule has 2 amide bonds. The molecule has 0 atom stereocenters. The first-order chi connectivity index (χ1) is 10.1. The van der Waals surface area contributed by atoms with E-state index in [0.29, 0.717) is 12.2 Å². The van der Waals surface area contributed by atoms with Crippen molar-refractivity contribution in [2.24, 2.45) is 5.92 Å². The summed E-state index contributed by atoms with van der Waals surface area (Å²) >= 11 is 0. The molecule has 0 spiro atoms. The summed E-state index contributed by atoms with van der Waals surface area (Å²) in [5.74, 6) is -0.251. The lowest BCUT2D eigenvalue weighted by molar-refractivity contribution is 0.0696. The van der Waals surface area contributed by atoms with Crippen LogP contribution in [0.5, 0.6) is 0 Å². The summed E-state index contributed by atoms with van der Waals surface area (Å²) < 4.78 is 0. The number of hydrogen-bond donors (Lipinski definition) is 3. The van der Waals surface area contributed by atoms with Crippen molar-refractivity contribution >= 4 is 12.0 Å². The van der Waals surface area contributed by atoms with Gasteiger partial charge in [0.15, 0.2) is 0 Å². The average Bonchev–Trinajstić information content (AvgIpc) is 2.99. The van der Waals surface area contributed by atoms with Crippen LogP contribution in [0.25, 0.3) is 0 Å².